The third-order valence-corrected chi connectivity index (χ3v) is 3.16. The molecule has 0 bridgehead atoms. The largest absolute Gasteiger partial charge is 0.399 e. The molecule has 0 atom stereocenters. The van der Waals surface area contributed by atoms with Gasteiger partial charge in [0.15, 0.2) is 5.82 Å². The topological polar surface area (TPSA) is 93.2 Å². The number of nitrogen functional groups attached to an aromatic ring is 1. The lowest BCUT2D eigenvalue weighted by molar-refractivity contribution is -0.120. The maximum absolute atomic E-state index is 11.9. The number of anilines is 2. The molecule has 3 rings (SSSR count). The van der Waals surface area contributed by atoms with Crippen molar-refractivity contribution >= 4 is 34.3 Å². The lowest BCUT2D eigenvalue weighted by atomic mass is 10.2. The van der Waals surface area contributed by atoms with Gasteiger partial charge >= 0.3 is 6.03 Å². The number of hydrogen-bond donors (Lipinski definition) is 2. The molecular formula is C12H13N5O2. The molecule has 1 aliphatic rings. The van der Waals surface area contributed by atoms with E-state index in [-0.39, 0.29) is 12.3 Å². The van der Waals surface area contributed by atoms with Crippen LogP contribution in [0.2, 0.25) is 0 Å². The predicted octanol–water partition coefficient (Wildman–Crippen LogP) is 0.602. The summed E-state index contributed by atoms with van der Waals surface area (Å²) in [6, 6.07) is 4.97. The molecule has 2 aromatic rings. The number of carbonyl (C=O) groups excluding carboxylic acids is 2. The van der Waals surface area contributed by atoms with Crippen LogP contribution in [0, 0.1) is 0 Å². The van der Waals surface area contributed by atoms with Crippen molar-refractivity contribution in [1.29, 1.82) is 0 Å². The van der Waals surface area contributed by atoms with Crippen LogP contribution in [0.15, 0.2) is 18.2 Å². The lowest BCUT2D eigenvalue weighted by Crippen LogP contribution is -2.49. The fourth-order valence-electron chi connectivity index (χ4n) is 2.23. The van der Waals surface area contributed by atoms with Crippen molar-refractivity contribution in [3.63, 3.8) is 0 Å². The molecule has 1 aromatic heterocycles. The SMILES string of the molecule is Cn1nc(N2CCC(=O)NC2=O)c2cc(N)ccc21. The zero-order chi connectivity index (χ0) is 13.6. The molecule has 3 N–H and O–H groups in total. The Hall–Kier alpha value is -2.57. The first-order chi connectivity index (χ1) is 9.06. The Kier molecular flexibility index (Phi) is 2.41. The first-order valence-corrected chi connectivity index (χ1v) is 5.90. The summed E-state index contributed by atoms with van der Waals surface area (Å²) in [4.78, 5) is 24.5. The van der Waals surface area contributed by atoms with Crippen LogP contribution in [0.1, 0.15) is 6.42 Å². The third kappa shape index (κ3) is 1.79. The van der Waals surface area contributed by atoms with Crippen molar-refractivity contribution < 1.29 is 9.59 Å². The minimum Gasteiger partial charge on any atom is -0.399 e. The van der Waals surface area contributed by atoms with E-state index < -0.39 is 6.03 Å². The summed E-state index contributed by atoms with van der Waals surface area (Å²) in [5, 5.41) is 7.43. The summed E-state index contributed by atoms with van der Waals surface area (Å²) in [6.45, 7) is 0.325. The maximum Gasteiger partial charge on any atom is 0.329 e. The molecule has 2 heterocycles. The standard InChI is InChI=1S/C12H13N5O2/c1-16-9-3-2-7(13)6-8(9)11(15-16)17-5-4-10(18)14-12(17)19/h2-3,6H,4-5,13H2,1H3,(H,14,18,19). The number of amides is 3. The summed E-state index contributed by atoms with van der Waals surface area (Å²) >= 11 is 0. The molecule has 0 saturated carbocycles. The van der Waals surface area contributed by atoms with Crippen LogP contribution < -0.4 is 16.0 Å². The highest BCUT2D eigenvalue weighted by Crippen LogP contribution is 2.28. The molecular weight excluding hydrogens is 246 g/mol. The molecule has 19 heavy (non-hydrogen) atoms. The second kappa shape index (κ2) is 3.98. The van der Waals surface area contributed by atoms with E-state index in [1.807, 2.05) is 6.07 Å². The number of aromatic nitrogens is 2. The summed E-state index contributed by atoms with van der Waals surface area (Å²) in [5.41, 5.74) is 7.27. The third-order valence-electron chi connectivity index (χ3n) is 3.16. The highest BCUT2D eigenvalue weighted by Gasteiger charge is 2.27. The van der Waals surface area contributed by atoms with Crippen molar-refractivity contribution in [2.75, 3.05) is 17.2 Å². The quantitative estimate of drug-likeness (QED) is 0.733. The highest BCUT2D eigenvalue weighted by atomic mass is 16.2. The second-order valence-electron chi connectivity index (χ2n) is 4.48. The van der Waals surface area contributed by atoms with E-state index in [0.717, 1.165) is 10.9 Å². The number of nitrogens with one attached hydrogen (secondary N) is 1. The average molecular weight is 259 g/mol. The number of aryl methyl sites for hydroxylation is 1. The van der Waals surface area contributed by atoms with Crippen molar-refractivity contribution in [3.05, 3.63) is 18.2 Å². The summed E-state index contributed by atoms with van der Waals surface area (Å²) in [5.74, 6) is 0.260. The minimum atomic E-state index is -0.446. The van der Waals surface area contributed by atoms with E-state index in [1.54, 1.807) is 23.9 Å². The number of imide groups is 1. The number of fused-ring (bicyclic) bond motifs is 1. The van der Waals surface area contributed by atoms with Crippen LogP contribution in [-0.4, -0.2) is 28.3 Å². The fraction of sp³-hybridized carbons (Fsp3) is 0.250. The summed E-state index contributed by atoms with van der Waals surface area (Å²) in [7, 11) is 1.80. The predicted molar refractivity (Wildman–Crippen MR) is 70.6 cm³/mol. The Labute approximate surface area is 109 Å². The zero-order valence-electron chi connectivity index (χ0n) is 10.4. The van der Waals surface area contributed by atoms with Gasteiger partial charge in [-0.2, -0.15) is 5.10 Å². The molecule has 0 radical (unpaired) electrons. The van der Waals surface area contributed by atoms with E-state index in [1.165, 1.54) is 4.90 Å². The number of urea groups is 1. The molecule has 1 fully saturated rings. The molecule has 1 saturated heterocycles. The van der Waals surface area contributed by atoms with Crippen LogP contribution in [0.5, 0.6) is 0 Å². The number of hydrogen-bond acceptors (Lipinski definition) is 4. The molecule has 1 aliphatic heterocycles. The van der Waals surface area contributed by atoms with Crippen LogP contribution >= 0.6 is 0 Å². The molecule has 98 valence electrons. The Bertz CT molecular complexity index is 691. The monoisotopic (exact) mass is 259 g/mol. The van der Waals surface area contributed by atoms with Crippen LogP contribution in [-0.2, 0) is 11.8 Å². The van der Waals surface area contributed by atoms with Crippen molar-refractivity contribution in [2.45, 2.75) is 6.42 Å². The average Bonchev–Trinajstić information content (AvgIpc) is 2.66. The number of carbonyl (C=O) groups is 2. The number of nitrogens with two attached hydrogens (primary N) is 1. The Morgan fingerprint density at radius 1 is 1.37 bits per heavy atom. The van der Waals surface area contributed by atoms with Gasteiger partial charge in [0.25, 0.3) is 0 Å². The smallest absolute Gasteiger partial charge is 0.329 e. The molecule has 0 aliphatic carbocycles. The van der Waals surface area contributed by atoms with Gasteiger partial charge in [0.1, 0.15) is 0 Å². The van der Waals surface area contributed by atoms with E-state index in [9.17, 15) is 9.59 Å². The molecule has 0 unspecified atom stereocenters. The molecule has 7 heteroatoms. The second-order valence-corrected chi connectivity index (χ2v) is 4.48. The molecule has 7 nitrogen and oxygen atoms in total. The summed E-state index contributed by atoms with van der Waals surface area (Å²) in [6.07, 6.45) is 0.270. The van der Waals surface area contributed by atoms with Crippen LogP contribution in [0.25, 0.3) is 10.9 Å². The molecule has 3 amide bonds. The van der Waals surface area contributed by atoms with Gasteiger partial charge in [-0.3, -0.25) is 19.7 Å². The Morgan fingerprint density at radius 2 is 2.16 bits per heavy atom. The number of benzene rings is 1. The van der Waals surface area contributed by atoms with Crippen LogP contribution in [0.4, 0.5) is 16.3 Å². The number of rotatable bonds is 1. The van der Waals surface area contributed by atoms with Gasteiger partial charge in [-0.15, -0.1) is 0 Å². The fourth-order valence-corrected chi connectivity index (χ4v) is 2.23. The molecule has 1 aromatic carbocycles. The van der Waals surface area contributed by atoms with E-state index in [4.69, 9.17) is 5.73 Å². The van der Waals surface area contributed by atoms with Crippen molar-refractivity contribution in [1.82, 2.24) is 15.1 Å². The first-order valence-electron chi connectivity index (χ1n) is 5.90. The Balaban J connectivity index is 2.12. The lowest BCUT2D eigenvalue weighted by Gasteiger charge is -2.24. The van der Waals surface area contributed by atoms with E-state index >= 15 is 0 Å². The van der Waals surface area contributed by atoms with Crippen LogP contribution in [0.3, 0.4) is 0 Å². The van der Waals surface area contributed by atoms with E-state index in [2.05, 4.69) is 10.4 Å². The van der Waals surface area contributed by atoms with Gasteiger partial charge in [-0.1, -0.05) is 0 Å². The first kappa shape index (κ1) is 11.5. The zero-order valence-corrected chi connectivity index (χ0v) is 10.4. The minimum absolute atomic E-state index is 0.263. The molecule has 0 spiro atoms. The van der Waals surface area contributed by atoms with Gasteiger partial charge in [0, 0.05) is 31.1 Å². The number of nitrogens with zero attached hydrogens (tertiary/aromatic N) is 3. The Morgan fingerprint density at radius 3 is 2.89 bits per heavy atom. The van der Waals surface area contributed by atoms with Crippen molar-refractivity contribution in [3.8, 4) is 0 Å². The maximum atomic E-state index is 11.9. The highest BCUT2D eigenvalue weighted by molar-refractivity contribution is 6.09. The van der Waals surface area contributed by atoms with E-state index in [0.29, 0.717) is 18.1 Å². The van der Waals surface area contributed by atoms with Gasteiger partial charge < -0.3 is 5.73 Å². The van der Waals surface area contributed by atoms with Gasteiger partial charge in [0.05, 0.1) is 5.52 Å². The van der Waals surface area contributed by atoms with Gasteiger partial charge in [-0.05, 0) is 18.2 Å². The van der Waals surface area contributed by atoms with Gasteiger partial charge in [0.2, 0.25) is 5.91 Å². The van der Waals surface area contributed by atoms with Crippen molar-refractivity contribution in [2.24, 2.45) is 7.05 Å². The van der Waals surface area contributed by atoms with Gasteiger partial charge in [-0.25, -0.2) is 4.79 Å². The summed E-state index contributed by atoms with van der Waals surface area (Å²) < 4.78 is 1.69. The normalized spacial score (nSPS) is 15.9.